The Labute approximate surface area is 93.3 Å². The first kappa shape index (κ1) is 9.93. The van der Waals surface area contributed by atoms with Crippen molar-refractivity contribution >= 4 is 23.0 Å². The Morgan fingerprint density at radius 3 is 2.53 bits per heavy atom. The highest BCUT2D eigenvalue weighted by Crippen LogP contribution is 2.32. The molecule has 0 fully saturated rings. The smallest absolute Gasteiger partial charge is 0.0656 e. The van der Waals surface area contributed by atoms with Gasteiger partial charge in [-0.3, -0.25) is 0 Å². The first-order valence-electron chi connectivity index (χ1n) is 4.56. The summed E-state index contributed by atoms with van der Waals surface area (Å²) in [4.78, 5) is 0. The van der Waals surface area contributed by atoms with Crippen LogP contribution in [0.5, 0.6) is 0 Å². The van der Waals surface area contributed by atoms with Crippen molar-refractivity contribution in [1.29, 1.82) is 0 Å². The molecule has 1 aromatic heterocycles. The second-order valence-electron chi connectivity index (χ2n) is 3.47. The fourth-order valence-corrected chi connectivity index (χ4v) is 1.74. The van der Waals surface area contributed by atoms with Crippen LogP contribution < -0.4 is 11.5 Å². The quantitative estimate of drug-likeness (QED) is 0.727. The van der Waals surface area contributed by atoms with Crippen LogP contribution in [-0.4, -0.2) is 4.57 Å². The highest BCUT2D eigenvalue weighted by molar-refractivity contribution is 6.33. The van der Waals surface area contributed by atoms with E-state index in [1.165, 1.54) is 0 Å². The zero-order valence-corrected chi connectivity index (χ0v) is 9.12. The van der Waals surface area contributed by atoms with Crippen LogP contribution >= 0.6 is 11.6 Å². The molecule has 0 radical (unpaired) electrons. The number of hydrogen-bond donors (Lipinski definition) is 2. The van der Waals surface area contributed by atoms with Crippen LogP contribution in [0.2, 0.25) is 5.02 Å². The topological polar surface area (TPSA) is 57.0 Å². The Morgan fingerprint density at radius 2 is 1.93 bits per heavy atom. The van der Waals surface area contributed by atoms with Gasteiger partial charge < -0.3 is 16.0 Å². The second-order valence-corrected chi connectivity index (χ2v) is 3.87. The number of aromatic nitrogens is 1. The largest absolute Gasteiger partial charge is 0.398 e. The van der Waals surface area contributed by atoms with Gasteiger partial charge in [0.1, 0.15) is 0 Å². The summed E-state index contributed by atoms with van der Waals surface area (Å²) in [6.45, 7) is 0. The normalized spacial score (nSPS) is 10.5. The monoisotopic (exact) mass is 221 g/mol. The fraction of sp³-hybridized carbons (Fsp3) is 0.0909. The molecular formula is C11H12ClN3. The minimum atomic E-state index is 0.491. The Bertz CT molecular complexity index is 503. The van der Waals surface area contributed by atoms with Crippen LogP contribution in [0.25, 0.3) is 11.3 Å². The van der Waals surface area contributed by atoms with Crippen LogP contribution in [-0.2, 0) is 7.05 Å². The van der Waals surface area contributed by atoms with Crippen molar-refractivity contribution in [2.24, 2.45) is 7.05 Å². The molecule has 78 valence electrons. The lowest BCUT2D eigenvalue weighted by atomic mass is 10.1. The van der Waals surface area contributed by atoms with E-state index in [9.17, 15) is 0 Å². The van der Waals surface area contributed by atoms with Crippen molar-refractivity contribution in [3.8, 4) is 11.3 Å². The maximum atomic E-state index is 5.90. The number of nitrogens with two attached hydrogens (primary N) is 2. The minimum absolute atomic E-state index is 0.491. The van der Waals surface area contributed by atoms with Crippen molar-refractivity contribution < 1.29 is 0 Å². The number of rotatable bonds is 1. The summed E-state index contributed by atoms with van der Waals surface area (Å²) in [5, 5.41) is 0.491. The third kappa shape index (κ3) is 1.66. The van der Waals surface area contributed by atoms with E-state index in [-0.39, 0.29) is 0 Å². The maximum Gasteiger partial charge on any atom is 0.0656 e. The molecule has 2 rings (SSSR count). The Hall–Kier alpha value is -1.61. The molecule has 0 saturated heterocycles. The molecule has 3 nitrogen and oxygen atoms in total. The molecule has 0 bridgehead atoms. The molecular weight excluding hydrogens is 210 g/mol. The summed E-state index contributed by atoms with van der Waals surface area (Å²) in [6.07, 6.45) is 1.96. The molecule has 0 aliphatic heterocycles. The lowest BCUT2D eigenvalue weighted by Gasteiger charge is -2.09. The lowest BCUT2D eigenvalue weighted by Crippen LogP contribution is -1.97. The maximum absolute atomic E-state index is 5.90. The van der Waals surface area contributed by atoms with E-state index >= 15 is 0 Å². The Morgan fingerprint density at radius 1 is 1.20 bits per heavy atom. The summed E-state index contributed by atoms with van der Waals surface area (Å²) in [6, 6.07) is 7.42. The van der Waals surface area contributed by atoms with Gasteiger partial charge in [0.05, 0.1) is 10.7 Å². The molecule has 0 unspecified atom stereocenters. The summed E-state index contributed by atoms with van der Waals surface area (Å²) in [7, 11) is 1.96. The molecule has 0 aliphatic carbocycles. The zero-order chi connectivity index (χ0) is 11.0. The highest BCUT2D eigenvalue weighted by atomic mass is 35.5. The number of nitrogen functional groups attached to an aromatic ring is 2. The van der Waals surface area contributed by atoms with Gasteiger partial charge in [-0.05, 0) is 24.3 Å². The molecule has 1 heterocycles. The molecule has 0 spiro atoms. The van der Waals surface area contributed by atoms with Crippen LogP contribution in [0.15, 0.2) is 30.5 Å². The standard InChI is InChI=1S/C11H12ClN3/c1-15-4-2-3-11(15)7-5-10(14)8(12)6-9(7)13/h2-6H,13-14H2,1H3. The molecule has 4 heteroatoms. The first-order valence-corrected chi connectivity index (χ1v) is 4.93. The third-order valence-corrected chi connectivity index (χ3v) is 2.72. The molecule has 0 aliphatic rings. The highest BCUT2D eigenvalue weighted by Gasteiger charge is 2.08. The molecule has 0 amide bonds. The van der Waals surface area contributed by atoms with E-state index in [1.807, 2.05) is 29.9 Å². The minimum Gasteiger partial charge on any atom is -0.398 e. The number of nitrogens with zero attached hydrogens (tertiary/aromatic N) is 1. The van der Waals surface area contributed by atoms with E-state index < -0.39 is 0 Å². The SMILES string of the molecule is Cn1cccc1-c1cc(N)c(Cl)cc1N. The van der Waals surface area contributed by atoms with Crippen LogP contribution in [0.4, 0.5) is 11.4 Å². The van der Waals surface area contributed by atoms with Crippen molar-refractivity contribution in [2.45, 2.75) is 0 Å². The average Bonchev–Trinajstić information content (AvgIpc) is 2.58. The van der Waals surface area contributed by atoms with Crippen molar-refractivity contribution in [2.75, 3.05) is 11.5 Å². The van der Waals surface area contributed by atoms with Gasteiger partial charge in [0, 0.05) is 30.2 Å². The van der Waals surface area contributed by atoms with Crippen LogP contribution in [0, 0.1) is 0 Å². The number of halogens is 1. The van der Waals surface area contributed by atoms with Gasteiger partial charge in [0.15, 0.2) is 0 Å². The molecule has 0 saturated carbocycles. The number of aryl methyl sites for hydroxylation is 1. The van der Waals surface area contributed by atoms with Crippen molar-refractivity contribution in [1.82, 2.24) is 4.57 Å². The van der Waals surface area contributed by atoms with Crippen molar-refractivity contribution in [3.63, 3.8) is 0 Å². The van der Waals surface area contributed by atoms with E-state index in [0.29, 0.717) is 16.4 Å². The van der Waals surface area contributed by atoms with Gasteiger partial charge in [-0.25, -0.2) is 0 Å². The fourth-order valence-electron chi connectivity index (χ4n) is 1.57. The predicted molar refractivity (Wildman–Crippen MR) is 64.7 cm³/mol. The average molecular weight is 222 g/mol. The molecule has 2 aromatic rings. The van der Waals surface area contributed by atoms with Gasteiger partial charge in [0.25, 0.3) is 0 Å². The Kier molecular flexibility index (Phi) is 2.32. The molecule has 15 heavy (non-hydrogen) atoms. The van der Waals surface area contributed by atoms with E-state index in [1.54, 1.807) is 12.1 Å². The Balaban J connectivity index is 2.64. The third-order valence-electron chi connectivity index (χ3n) is 2.39. The predicted octanol–water partition coefficient (Wildman–Crippen LogP) is 2.51. The van der Waals surface area contributed by atoms with Gasteiger partial charge >= 0.3 is 0 Å². The molecule has 1 aromatic carbocycles. The molecule has 0 atom stereocenters. The second kappa shape index (κ2) is 3.51. The summed E-state index contributed by atoms with van der Waals surface area (Å²) < 4.78 is 1.99. The number of hydrogen-bond acceptors (Lipinski definition) is 2. The summed E-state index contributed by atoms with van der Waals surface area (Å²) in [5.41, 5.74) is 14.8. The van der Waals surface area contributed by atoms with Gasteiger partial charge in [-0.1, -0.05) is 11.6 Å². The van der Waals surface area contributed by atoms with Crippen LogP contribution in [0.3, 0.4) is 0 Å². The summed E-state index contributed by atoms with van der Waals surface area (Å²) >= 11 is 5.88. The van der Waals surface area contributed by atoms with Gasteiger partial charge in [0.2, 0.25) is 0 Å². The van der Waals surface area contributed by atoms with E-state index in [2.05, 4.69) is 0 Å². The lowest BCUT2D eigenvalue weighted by molar-refractivity contribution is 0.937. The van der Waals surface area contributed by atoms with E-state index in [4.69, 9.17) is 23.1 Å². The summed E-state index contributed by atoms with van der Waals surface area (Å²) in [5.74, 6) is 0. The number of anilines is 2. The van der Waals surface area contributed by atoms with E-state index in [0.717, 1.165) is 11.3 Å². The first-order chi connectivity index (χ1) is 7.09. The van der Waals surface area contributed by atoms with Gasteiger partial charge in [-0.2, -0.15) is 0 Å². The van der Waals surface area contributed by atoms with Gasteiger partial charge in [-0.15, -0.1) is 0 Å². The molecule has 4 N–H and O–H groups in total. The zero-order valence-electron chi connectivity index (χ0n) is 8.37. The van der Waals surface area contributed by atoms with Crippen molar-refractivity contribution in [3.05, 3.63) is 35.5 Å². The number of benzene rings is 1. The van der Waals surface area contributed by atoms with Crippen LogP contribution in [0.1, 0.15) is 0 Å².